The van der Waals surface area contributed by atoms with Gasteiger partial charge in [0, 0.05) is 0 Å². The maximum absolute atomic E-state index is 12.4. The Morgan fingerprint density at radius 3 is 1.64 bits per heavy atom. The molecule has 0 aliphatic rings. The molecule has 0 heterocycles. The summed E-state index contributed by atoms with van der Waals surface area (Å²) < 4.78 is 45.3. The predicted octanol–water partition coefficient (Wildman–Crippen LogP) is 6.95. The third-order valence-electron chi connectivity index (χ3n) is 6.21. The lowest BCUT2D eigenvalue weighted by Crippen LogP contribution is -2.12. The van der Waals surface area contributed by atoms with Gasteiger partial charge in [-0.2, -0.15) is 8.42 Å². The lowest BCUT2D eigenvalue weighted by Gasteiger charge is -2.15. The van der Waals surface area contributed by atoms with Crippen molar-refractivity contribution in [2.24, 2.45) is 0 Å². The van der Waals surface area contributed by atoms with Crippen LogP contribution in [0.4, 0.5) is 5.69 Å². The Morgan fingerprint density at radius 1 is 0.750 bits per heavy atom. The minimum Gasteiger partial charge on any atom is -0.493 e. The number of benzene rings is 1. The van der Waals surface area contributed by atoms with E-state index in [1.54, 1.807) is 0 Å². The minimum atomic E-state index is -3.83. The lowest BCUT2D eigenvalue weighted by atomic mass is 10.0. The van der Waals surface area contributed by atoms with Gasteiger partial charge in [0.15, 0.2) is 5.75 Å². The van der Waals surface area contributed by atoms with Crippen LogP contribution in [0.1, 0.15) is 102 Å². The smallest absolute Gasteiger partial charge is 0.320 e. The molecule has 1 rings (SSSR count). The third-order valence-corrected chi connectivity index (χ3v) is 7.47. The van der Waals surface area contributed by atoms with Crippen LogP contribution in [-0.2, 0) is 20.9 Å². The van der Waals surface area contributed by atoms with E-state index in [0.717, 1.165) is 19.3 Å². The van der Waals surface area contributed by atoms with E-state index in [2.05, 4.69) is 6.92 Å². The van der Waals surface area contributed by atoms with Crippen molar-refractivity contribution in [2.45, 2.75) is 103 Å². The average molecular weight is 532 g/mol. The second-order valence-electron chi connectivity index (χ2n) is 9.03. The van der Waals surface area contributed by atoms with E-state index in [1.165, 1.54) is 91.6 Å². The maximum atomic E-state index is 12.4. The summed E-state index contributed by atoms with van der Waals surface area (Å²) >= 11 is 0. The Balaban J connectivity index is 2.37. The highest BCUT2D eigenvalue weighted by molar-refractivity contribution is 7.86. The fraction of sp³-hybridized carbons (Fsp3) is 0.769. The Morgan fingerprint density at radius 2 is 1.22 bits per heavy atom. The minimum absolute atomic E-state index is 0.0269. The molecule has 0 N–H and O–H groups in total. The molecule has 0 aliphatic carbocycles. The number of methoxy groups -OCH3 is 3. The van der Waals surface area contributed by atoms with Crippen LogP contribution in [0.25, 0.3) is 0 Å². The number of nitro groups is 1. The van der Waals surface area contributed by atoms with Crippen LogP contribution in [-0.4, -0.2) is 40.4 Å². The molecule has 0 aromatic heterocycles. The van der Waals surface area contributed by atoms with Crippen molar-refractivity contribution in [3.05, 3.63) is 21.7 Å². The van der Waals surface area contributed by atoms with Gasteiger partial charge >= 0.3 is 5.69 Å². The summed E-state index contributed by atoms with van der Waals surface area (Å²) in [6.45, 7) is 1.75. The van der Waals surface area contributed by atoms with Gasteiger partial charge in [0.25, 0.3) is 10.1 Å². The van der Waals surface area contributed by atoms with Crippen LogP contribution in [0, 0.1) is 10.1 Å². The van der Waals surface area contributed by atoms with Gasteiger partial charge in [-0.3, -0.25) is 14.3 Å². The highest BCUT2D eigenvalue weighted by atomic mass is 32.2. The molecule has 10 heteroatoms. The van der Waals surface area contributed by atoms with Crippen LogP contribution in [0.15, 0.2) is 6.07 Å². The normalized spacial score (nSPS) is 11.4. The molecule has 1 aromatic rings. The summed E-state index contributed by atoms with van der Waals surface area (Å²) in [7, 11) is 0.146. The van der Waals surface area contributed by atoms with E-state index in [9.17, 15) is 18.5 Å². The Bertz CT molecular complexity index is 873. The molecule has 0 saturated heterocycles. The van der Waals surface area contributed by atoms with E-state index in [4.69, 9.17) is 18.4 Å². The van der Waals surface area contributed by atoms with E-state index in [0.29, 0.717) is 6.42 Å². The second-order valence-corrected chi connectivity index (χ2v) is 10.8. The second kappa shape index (κ2) is 18.2. The first-order valence-corrected chi connectivity index (χ1v) is 14.7. The van der Waals surface area contributed by atoms with Crippen LogP contribution in [0.2, 0.25) is 0 Å². The van der Waals surface area contributed by atoms with Gasteiger partial charge in [-0.25, -0.2) is 0 Å². The largest absolute Gasteiger partial charge is 0.493 e. The summed E-state index contributed by atoms with van der Waals surface area (Å²) in [5, 5.41) is 11.6. The van der Waals surface area contributed by atoms with E-state index in [1.807, 2.05) is 0 Å². The summed E-state index contributed by atoms with van der Waals surface area (Å²) in [4.78, 5) is 11.0. The molecule has 0 spiro atoms. The van der Waals surface area contributed by atoms with E-state index < -0.39 is 27.3 Å². The van der Waals surface area contributed by atoms with Crippen LogP contribution in [0.3, 0.4) is 0 Å². The van der Waals surface area contributed by atoms with E-state index >= 15 is 0 Å². The number of rotatable bonds is 22. The van der Waals surface area contributed by atoms with Crippen molar-refractivity contribution < 1.29 is 31.7 Å². The molecule has 36 heavy (non-hydrogen) atoms. The molecule has 0 unspecified atom stereocenters. The molecule has 0 radical (unpaired) electrons. The highest BCUT2D eigenvalue weighted by Crippen LogP contribution is 2.46. The van der Waals surface area contributed by atoms with Crippen LogP contribution >= 0.6 is 0 Å². The molecule has 0 atom stereocenters. The monoisotopic (exact) mass is 531 g/mol. The molecule has 0 aliphatic heterocycles. The van der Waals surface area contributed by atoms with Crippen molar-refractivity contribution in [1.82, 2.24) is 0 Å². The first kappa shape index (κ1) is 32.0. The van der Waals surface area contributed by atoms with Crippen molar-refractivity contribution in [3.8, 4) is 17.2 Å². The van der Waals surface area contributed by atoms with Crippen LogP contribution < -0.4 is 14.2 Å². The molecular weight excluding hydrogens is 486 g/mol. The third kappa shape index (κ3) is 11.8. The molecule has 9 nitrogen and oxygen atoms in total. The number of hydrogen-bond donors (Lipinski definition) is 0. The topological polar surface area (TPSA) is 114 Å². The number of ether oxygens (including phenoxy) is 3. The van der Waals surface area contributed by atoms with Crippen molar-refractivity contribution in [3.63, 3.8) is 0 Å². The fourth-order valence-corrected chi connectivity index (χ4v) is 5.17. The van der Waals surface area contributed by atoms with Gasteiger partial charge in [0.05, 0.1) is 44.2 Å². The van der Waals surface area contributed by atoms with Gasteiger partial charge < -0.3 is 14.2 Å². The summed E-state index contributed by atoms with van der Waals surface area (Å²) in [6, 6.07) is 1.33. The Kier molecular flexibility index (Phi) is 16.2. The molecule has 208 valence electrons. The van der Waals surface area contributed by atoms with Crippen molar-refractivity contribution >= 4 is 15.8 Å². The summed E-state index contributed by atoms with van der Waals surface area (Å²) in [5.74, 6) is -0.0306. The zero-order valence-corrected chi connectivity index (χ0v) is 23.3. The number of nitrogens with zero attached hydrogens (tertiary/aromatic N) is 1. The molecule has 1 aromatic carbocycles. The maximum Gasteiger partial charge on any atom is 0.320 e. The first-order valence-electron chi connectivity index (χ1n) is 13.1. The quantitative estimate of drug-likeness (QED) is 0.0683. The molecule has 0 fully saturated rings. The number of unbranched alkanes of at least 4 members (excludes halogenated alkanes) is 13. The van der Waals surface area contributed by atoms with Gasteiger partial charge in [-0.1, -0.05) is 90.4 Å². The average Bonchev–Trinajstić information content (AvgIpc) is 2.86. The standard InChI is InChI=1S/C26H45NO8S/c1-5-6-7-8-9-10-11-12-13-14-15-16-17-18-19-36(30,31)35-21-22-20-23(32-2)25(33-3)26(34-4)24(22)27(28)29/h20H,5-19,21H2,1-4H3. The van der Waals surface area contributed by atoms with Crippen molar-refractivity contribution in [2.75, 3.05) is 27.1 Å². The zero-order chi connectivity index (χ0) is 26.8. The molecular formula is C26H45NO8S. The summed E-state index contributed by atoms with van der Waals surface area (Å²) in [5.41, 5.74) is -0.388. The Labute approximate surface area is 217 Å². The van der Waals surface area contributed by atoms with Gasteiger partial charge in [-0.05, 0) is 12.5 Å². The number of nitro benzene ring substituents is 1. The molecule has 0 amide bonds. The lowest BCUT2D eigenvalue weighted by molar-refractivity contribution is -0.386. The first-order chi connectivity index (χ1) is 17.3. The van der Waals surface area contributed by atoms with Crippen LogP contribution in [0.5, 0.6) is 17.2 Å². The van der Waals surface area contributed by atoms with Gasteiger partial charge in [0.1, 0.15) is 0 Å². The van der Waals surface area contributed by atoms with Gasteiger partial charge in [-0.15, -0.1) is 0 Å². The predicted molar refractivity (Wildman–Crippen MR) is 142 cm³/mol. The molecule has 0 saturated carbocycles. The number of hydrogen-bond acceptors (Lipinski definition) is 8. The molecule has 0 bridgehead atoms. The highest BCUT2D eigenvalue weighted by Gasteiger charge is 2.30. The summed E-state index contributed by atoms with van der Waals surface area (Å²) in [6.07, 6.45) is 16.5. The fourth-order valence-electron chi connectivity index (χ4n) is 4.19. The van der Waals surface area contributed by atoms with Gasteiger partial charge in [0.2, 0.25) is 11.5 Å². The van der Waals surface area contributed by atoms with E-state index in [-0.39, 0.29) is 28.6 Å². The zero-order valence-electron chi connectivity index (χ0n) is 22.5. The van der Waals surface area contributed by atoms with Crippen molar-refractivity contribution in [1.29, 1.82) is 0 Å². The SMILES string of the molecule is CCCCCCCCCCCCCCCCS(=O)(=O)OCc1cc(OC)c(OC)c(OC)c1[N+](=O)[O-]. The Hall–Kier alpha value is -2.07.